The number of anilines is 2. The van der Waals surface area contributed by atoms with Gasteiger partial charge in [-0.25, -0.2) is 13.4 Å². The van der Waals surface area contributed by atoms with Crippen molar-refractivity contribution in [3.63, 3.8) is 0 Å². The maximum absolute atomic E-state index is 13.1. The fraction of sp³-hybridized carbons (Fsp3) is 0.316. The van der Waals surface area contributed by atoms with Gasteiger partial charge in [-0.1, -0.05) is 11.6 Å². The van der Waals surface area contributed by atoms with Gasteiger partial charge in [-0.15, -0.1) is 23.7 Å². The molecule has 0 radical (unpaired) electrons. The molecular weight excluding hydrogens is 483 g/mol. The van der Waals surface area contributed by atoms with Crippen LogP contribution in [0.15, 0.2) is 34.7 Å². The first kappa shape index (κ1) is 23.7. The number of piperazine rings is 1. The Bertz CT molecular complexity index is 1180. The monoisotopic (exact) mass is 504 g/mol. The van der Waals surface area contributed by atoms with Crippen molar-refractivity contribution in [1.29, 1.82) is 0 Å². The van der Waals surface area contributed by atoms with E-state index in [-0.39, 0.29) is 22.3 Å². The van der Waals surface area contributed by atoms with Crippen molar-refractivity contribution in [3.05, 3.63) is 35.5 Å². The Morgan fingerprint density at radius 3 is 2.55 bits per heavy atom. The summed E-state index contributed by atoms with van der Waals surface area (Å²) in [6.07, 6.45) is 1.72. The zero-order valence-corrected chi connectivity index (χ0v) is 20.1. The highest BCUT2D eigenvalue weighted by molar-refractivity contribution is 7.94. The third-order valence-corrected chi connectivity index (χ3v) is 8.04. The molecule has 8 nitrogen and oxygen atoms in total. The van der Waals surface area contributed by atoms with E-state index in [2.05, 4.69) is 19.9 Å². The zero-order chi connectivity index (χ0) is 21.3. The van der Waals surface area contributed by atoms with Crippen LogP contribution in [-0.2, 0) is 10.0 Å². The first-order valence-corrected chi connectivity index (χ1v) is 11.9. The van der Waals surface area contributed by atoms with Crippen LogP contribution < -0.4 is 24.4 Å². The van der Waals surface area contributed by atoms with Crippen LogP contribution in [0, 0.1) is 0 Å². The quantitative estimate of drug-likeness (QED) is 0.529. The van der Waals surface area contributed by atoms with Crippen molar-refractivity contribution in [2.45, 2.75) is 4.21 Å². The van der Waals surface area contributed by atoms with Crippen LogP contribution in [0.2, 0.25) is 5.02 Å². The molecule has 1 aliphatic heterocycles. The highest BCUT2D eigenvalue weighted by Gasteiger charge is 2.23. The molecule has 3 aromatic rings. The lowest BCUT2D eigenvalue weighted by molar-refractivity contribution is 0.405. The van der Waals surface area contributed by atoms with E-state index < -0.39 is 10.0 Å². The van der Waals surface area contributed by atoms with Gasteiger partial charge < -0.3 is 19.7 Å². The fourth-order valence-corrected chi connectivity index (χ4v) is 5.99. The summed E-state index contributed by atoms with van der Waals surface area (Å²) in [5.74, 6) is 1.45. The molecule has 0 aliphatic carbocycles. The van der Waals surface area contributed by atoms with Gasteiger partial charge in [-0.05, 0) is 12.1 Å². The molecule has 2 N–H and O–H groups in total. The molecular formula is C19H22Cl2N4O4S2. The maximum atomic E-state index is 13.1. The average molecular weight is 505 g/mol. The number of fused-ring (bicyclic) bond motifs is 1. The summed E-state index contributed by atoms with van der Waals surface area (Å²) >= 11 is 7.31. The minimum absolute atomic E-state index is 0. The largest absolute Gasteiger partial charge is 0.495 e. The lowest BCUT2D eigenvalue weighted by Crippen LogP contribution is -2.43. The molecule has 0 atom stereocenters. The third-order valence-electron chi connectivity index (χ3n) is 4.80. The SMILES string of the molecule is COc1cc(NS(=O)(=O)c2cc3c(N4CCNCC4)nccc3s2)c(OC)cc1Cl.Cl. The second kappa shape index (κ2) is 9.66. The normalized spacial score (nSPS) is 14.2. The van der Waals surface area contributed by atoms with Gasteiger partial charge in [0.05, 0.1) is 24.9 Å². The Balaban J connectivity index is 0.00000272. The maximum Gasteiger partial charge on any atom is 0.271 e. The molecule has 1 saturated heterocycles. The second-order valence-corrected chi connectivity index (χ2v) is 10.0. The van der Waals surface area contributed by atoms with E-state index in [0.717, 1.165) is 42.1 Å². The molecule has 0 amide bonds. The summed E-state index contributed by atoms with van der Waals surface area (Å²) in [5, 5.41) is 4.46. The van der Waals surface area contributed by atoms with E-state index in [1.54, 1.807) is 12.3 Å². The molecule has 31 heavy (non-hydrogen) atoms. The van der Waals surface area contributed by atoms with E-state index in [9.17, 15) is 8.42 Å². The van der Waals surface area contributed by atoms with Crippen LogP contribution >= 0.6 is 35.3 Å². The number of aromatic nitrogens is 1. The molecule has 1 fully saturated rings. The van der Waals surface area contributed by atoms with Gasteiger partial charge in [0.1, 0.15) is 21.5 Å². The van der Waals surface area contributed by atoms with Gasteiger partial charge in [-0.3, -0.25) is 4.72 Å². The van der Waals surface area contributed by atoms with Gasteiger partial charge in [-0.2, -0.15) is 0 Å². The number of thiophene rings is 1. The van der Waals surface area contributed by atoms with Crippen LogP contribution in [0.1, 0.15) is 0 Å². The van der Waals surface area contributed by atoms with E-state index in [1.165, 1.54) is 37.7 Å². The van der Waals surface area contributed by atoms with Gasteiger partial charge in [0.15, 0.2) is 0 Å². The summed E-state index contributed by atoms with van der Waals surface area (Å²) in [4.78, 5) is 6.68. The molecule has 0 unspecified atom stereocenters. The third kappa shape index (κ3) is 4.78. The smallest absolute Gasteiger partial charge is 0.271 e. The number of halogens is 2. The lowest BCUT2D eigenvalue weighted by atomic mass is 10.2. The van der Waals surface area contributed by atoms with E-state index in [0.29, 0.717) is 16.5 Å². The van der Waals surface area contributed by atoms with Crippen LogP contribution in [0.5, 0.6) is 11.5 Å². The fourth-order valence-electron chi connectivity index (χ4n) is 3.32. The van der Waals surface area contributed by atoms with Gasteiger partial charge in [0, 0.05) is 54.6 Å². The van der Waals surface area contributed by atoms with Crippen LogP contribution in [0.4, 0.5) is 11.5 Å². The number of benzene rings is 1. The first-order chi connectivity index (χ1) is 14.4. The Labute approximate surface area is 196 Å². The molecule has 1 aliphatic rings. The lowest BCUT2D eigenvalue weighted by Gasteiger charge is -2.28. The predicted molar refractivity (Wildman–Crippen MR) is 127 cm³/mol. The van der Waals surface area contributed by atoms with Crippen molar-refractivity contribution in [2.24, 2.45) is 0 Å². The molecule has 12 heteroatoms. The molecule has 1 aromatic carbocycles. The van der Waals surface area contributed by atoms with E-state index in [1.807, 2.05) is 6.07 Å². The summed E-state index contributed by atoms with van der Waals surface area (Å²) in [7, 11) is -0.956. The number of sulfonamides is 1. The van der Waals surface area contributed by atoms with Crippen molar-refractivity contribution < 1.29 is 17.9 Å². The number of nitrogens with zero attached hydrogens (tertiary/aromatic N) is 2. The average Bonchev–Trinajstić information content (AvgIpc) is 3.20. The Hall–Kier alpha value is -1.98. The summed E-state index contributed by atoms with van der Waals surface area (Å²) < 4.78 is 40.4. The van der Waals surface area contributed by atoms with Crippen LogP contribution in [0.3, 0.4) is 0 Å². The minimum atomic E-state index is -3.86. The number of ether oxygens (including phenoxy) is 2. The van der Waals surface area contributed by atoms with Gasteiger partial charge >= 0.3 is 0 Å². The molecule has 3 heterocycles. The molecule has 0 spiro atoms. The number of hydrogen-bond acceptors (Lipinski definition) is 8. The standard InChI is InChI=1S/C19H21ClN4O4S2.ClH/c1-27-15-11-14(16(28-2)10-13(15)20)23-30(25,26)18-9-12-17(29-18)3-4-22-19(12)24-7-5-21-6-8-24;/h3-4,9-11,21,23H,5-8H2,1-2H3;1H. The highest BCUT2D eigenvalue weighted by atomic mass is 35.5. The van der Waals surface area contributed by atoms with Gasteiger partial charge in [0.2, 0.25) is 0 Å². The van der Waals surface area contributed by atoms with Crippen molar-refractivity contribution >= 4 is 67.0 Å². The van der Waals surface area contributed by atoms with Crippen LogP contribution in [0.25, 0.3) is 10.1 Å². The summed E-state index contributed by atoms with van der Waals surface area (Å²) in [6.45, 7) is 3.38. The van der Waals surface area contributed by atoms with Gasteiger partial charge in [0.25, 0.3) is 10.0 Å². The second-order valence-electron chi connectivity index (χ2n) is 6.64. The van der Waals surface area contributed by atoms with E-state index in [4.69, 9.17) is 21.1 Å². The van der Waals surface area contributed by atoms with Crippen molar-refractivity contribution in [1.82, 2.24) is 10.3 Å². The molecule has 0 bridgehead atoms. The molecule has 2 aromatic heterocycles. The zero-order valence-electron chi connectivity index (χ0n) is 16.8. The topological polar surface area (TPSA) is 92.8 Å². The summed E-state index contributed by atoms with van der Waals surface area (Å²) in [6, 6.07) is 6.51. The molecule has 0 saturated carbocycles. The number of nitrogens with one attached hydrogen (secondary N) is 2. The summed E-state index contributed by atoms with van der Waals surface area (Å²) in [5.41, 5.74) is 0.247. The highest BCUT2D eigenvalue weighted by Crippen LogP contribution is 2.39. The molecule has 4 rings (SSSR count). The predicted octanol–water partition coefficient (Wildman–Crippen LogP) is 3.60. The number of methoxy groups -OCH3 is 2. The first-order valence-electron chi connectivity index (χ1n) is 9.21. The molecule has 168 valence electrons. The van der Waals surface area contributed by atoms with Crippen molar-refractivity contribution in [3.8, 4) is 11.5 Å². The Morgan fingerprint density at radius 2 is 1.87 bits per heavy atom. The van der Waals surface area contributed by atoms with Crippen molar-refractivity contribution in [2.75, 3.05) is 50.0 Å². The number of pyridine rings is 1. The minimum Gasteiger partial charge on any atom is -0.495 e. The number of rotatable bonds is 6. The van der Waals surface area contributed by atoms with E-state index >= 15 is 0 Å². The Kier molecular flexibility index (Phi) is 7.38. The Morgan fingerprint density at radius 1 is 1.16 bits per heavy atom. The number of hydrogen-bond donors (Lipinski definition) is 2. The van der Waals surface area contributed by atoms with Crippen LogP contribution in [-0.4, -0.2) is 53.8 Å².